The largest absolute Gasteiger partial charge is 0.306 e. The summed E-state index contributed by atoms with van der Waals surface area (Å²) in [5, 5.41) is -0.0532. The quantitative estimate of drug-likeness (QED) is 0.794. The highest BCUT2D eigenvalue weighted by molar-refractivity contribution is 7.96. The Morgan fingerprint density at radius 2 is 1.88 bits per heavy atom. The fraction of sp³-hybridized carbons (Fsp3) is 0.462. The second-order valence-electron chi connectivity index (χ2n) is 4.32. The van der Waals surface area contributed by atoms with Crippen molar-refractivity contribution < 1.29 is 4.79 Å². The number of hydrogen-bond acceptors (Lipinski definition) is 2. The van der Waals surface area contributed by atoms with Gasteiger partial charge >= 0.3 is 0 Å². The van der Waals surface area contributed by atoms with Crippen molar-refractivity contribution in [2.75, 3.05) is 14.1 Å². The van der Waals surface area contributed by atoms with E-state index in [4.69, 9.17) is 0 Å². The van der Waals surface area contributed by atoms with Crippen LogP contribution in [0.1, 0.15) is 24.8 Å². The zero-order chi connectivity index (χ0) is 12.1. The number of likely N-dealkylation sites (N-methyl/N-ethyl adjacent to an activating group) is 1. The predicted octanol–water partition coefficient (Wildman–Crippen LogP) is 2.57. The molecule has 0 saturated carbocycles. The van der Waals surface area contributed by atoms with Gasteiger partial charge in [-0.25, -0.2) is 0 Å². The Kier molecular flexibility index (Phi) is 5.03. The van der Waals surface area contributed by atoms with Gasteiger partial charge in [0, 0.05) is 18.4 Å². The first kappa shape index (κ1) is 13.3. The molecule has 1 unspecified atom stereocenters. The molecule has 16 heavy (non-hydrogen) atoms. The van der Waals surface area contributed by atoms with Crippen LogP contribution < -0.4 is 0 Å². The van der Waals surface area contributed by atoms with E-state index in [-0.39, 0.29) is 11.0 Å². The van der Waals surface area contributed by atoms with Gasteiger partial charge in [-0.05, 0) is 26.6 Å². The van der Waals surface area contributed by atoms with Crippen molar-refractivity contribution >= 4 is 17.7 Å². The summed E-state index contributed by atoms with van der Waals surface area (Å²) in [6, 6.07) is 10.5. The first-order valence-corrected chi connectivity index (χ1v) is 5.90. The van der Waals surface area contributed by atoms with Crippen molar-refractivity contribution in [1.82, 2.24) is 4.90 Å². The third-order valence-corrected chi connectivity index (χ3v) is 3.20. The molecule has 88 valence electrons. The van der Waals surface area contributed by atoms with Gasteiger partial charge in [0.2, 0.25) is 0 Å². The van der Waals surface area contributed by atoms with Gasteiger partial charge in [-0.3, -0.25) is 4.79 Å². The Morgan fingerprint density at radius 3 is 2.31 bits per heavy atom. The van der Waals surface area contributed by atoms with Crippen LogP contribution in [0.15, 0.2) is 30.3 Å². The van der Waals surface area contributed by atoms with Crippen molar-refractivity contribution in [3.05, 3.63) is 35.9 Å². The van der Waals surface area contributed by atoms with Crippen molar-refractivity contribution in [3.63, 3.8) is 0 Å². The molecule has 1 aromatic carbocycles. The molecule has 0 saturated heterocycles. The number of nitrogens with zero attached hydrogens (tertiary/aromatic N) is 1. The van der Waals surface area contributed by atoms with Crippen LogP contribution in [0.3, 0.4) is 0 Å². The second-order valence-corrected chi connectivity index (χ2v) is 4.82. The van der Waals surface area contributed by atoms with E-state index in [0.29, 0.717) is 12.5 Å². The number of thiol groups is 1. The minimum Gasteiger partial charge on any atom is -0.306 e. The molecule has 0 spiro atoms. The Hall–Kier alpha value is -0.800. The first-order valence-electron chi connectivity index (χ1n) is 5.45. The standard InChI is InChI=1S/C13H19NOS/c1-10(14(2)3)12(9-13(15)16)11-7-5-4-6-8-11/h4-8,10,12H,9H2,1-3H3,(H,15,16)/t10-,12?/m0/s1. The summed E-state index contributed by atoms with van der Waals surface area (Å²) >= 11 is 3.89. The van der Waals surface area contributed by atoms with Gasteiger partial charge in [0.15, 0.2) is 5.12 Å². The molecule has 0 amide bonds. The van der Waals surface area contributed by atoms with E-state index < -0.39 is 0 Å². The lowest BCUT2D eigenvalue weighted by Gasteiger charge is -2.29. The molecule has 2 atom stereocenters. The summed E-state index contributed by atoms with van der Waals surface area (Å²) in [4.78, 5) is 13.3. The molecular formula is C13H19NOS. The van der Waals surface area contributed by atoms with Crippen molar-refractivity contribution in [2.24, 2.45) is 0 Å². The smallest absolute Gasteiger partial charge is 0.186 e. The van der Waals surface area contributed by atoms with Gasteiger partial charge in [0.05, 0.1) is 0 Å². The normalized spacial score (nSPS) is 14.8. The number of carbonyl (C=O) groups excluding carboxylic acids is 1. The van der Waals surface area contributed by atoms with E-state index in [2.05, 4.69) is 36.6 Å². The van der Waals surface area contributed by atoms with Crippen molar-refractivity contribution in [1.29, 1.82) is 0 Å². The molecule has 1 rings (SSSR count). The van der Waals surface area contributed by atoms with Crippen molar-refractivity contribution in [2.45, 2.75) is 25.3 Å². The van der Waals surface area contributed by atoms with E-state index in [1.165, 1.54) is 5.56 Å². The third-order valence-electron chi connectivity index (χ3n) is 3.02. The molecule has 0 N–H and O–H groups in total. The molecule has 2 nitrogen and oxygen atoms in total. The molecule has 0 heterocycles. The zero-order valence-electron chi connectivity index (χ0n) is 10.1. The Morgan fingerprint density at radius 1 is 1.31 bits per heavy atom. The van der Waals surface area contributed by atoms with Crippen LogP contribution in [0.4, 0.5) is 0 Å². The molecule has 0 fully saturated rings. The summed E-state index contributed by atoms with van der Waals surface area (Å²) in [6.07, 6.45) is 0.479. The van der Waals surface area contributed by atoms with Crippen LogP contribution in [0, 0.1) is 0 Å². The average molecular weight is 237 g/mol. The molecule has 0 bridgehead atoms. The van der Waals surface area contributed by atoms with E-state index in [1.54, 1.807) is 0 Å². The summed E-state index contributed by atoms with van der Waals surface area (Å²) in [7, 11) is 4.06. The zero-order valence-corrected chi connectivity index (χ0v) is 10.9. The molecule has 3 heteroatoms. The van der Waals surface area contributed by atoms with Gasteiger partial charge in [-0.2, -0.15) is 0 Å². The summed E-state index contributed by atoms with van der Waals surface area (Å²) in [5.41, 5.74) is 1.20. The van der Waals surface area contributed by atoms with Crippen LogP contribution >= 0.6 is 12.6 Å². The molecular weight excluding hydrogens is 218 g/mol. The fourth-order valence-corrected chi connectivity index (χ4v) is 2.01. The SMILES string of the molecule is C[C@@H](C(CC(=O)S)c1ccccc1)N(C)C. The lowest BCUT2D eigenvalue weighted by molar-refractivity contribution is -0.111. The molecule has 0 radical (unpaired) electrons. The molecule has 1 aromatic rings. The maximum atomic E-state index is 11.2. The van der Waals surface area contributed by atoms with Crippen LogP contribution in [0.2, 0.25) is 0 Å². The Bertz CT molecular complexity index is 337. The van der Waals surface area contributed by atoms with Gasteiger partial charge in [0.1, 0.15) is 0 Å². The van der Waals surface area contributed by atoms with Crippen molar-refractivity contribution in [3.8, 4) is 0 Å². The summed E-state index contributed by atoms with van der Waals surface area (Å²) < 4.78 is 0. The average Bonchev–Trinajstić information content (AvgIpc) is 2.26. The minimum absolute atomic E-state index is 0.0532. The molecule has 0 aliphatic rings. The van der Waals surface area contributed by atoms with Crippen LogP contribution in [0.25, 0.3) is 0 Å². The Labute approximate surface area is 103 Å². The van der Waals surface area contributed by atoms with Gasteiger partial charge in [0.25, 0.3) is 0 Å². The maximum Gasteiger partial charge on any atom is 0.186 e. The lowest BCUT2D eigenvalue weighted by atomic mass is 9.89. The lowest BCUT2D eigenvalue weighted by Crippen LogP contribution is -2.32. The monoisotopic (exact) mass is 237 g/mol. The van der Waals surface area contributed by atoms with Gasteiger partial charge in [-0.1, -0.05) is 30.3 Å². The Balaban J connectivity index is 2.91. The van der Waals surface area contributed by atoms with Crippen LogP contribution in [0.5, 0.6) is 0 Å². The number of benzene rings is 1. The first-order chi connectivity index (χ1) is 7.52. The van der Waals surface area contributed by atoms with Crippen LogP contribution in [-0.4, -0.2) is 30.2 Å². The highest BCUT2D eigenvalue weighted by Crippen LogP contribution is 2.26. The van der Waals surface area contributed by atoms with E-state index in [0.717, 1.165) is 0 Å². The highest BCUT2D eigenvalue weighted by Gasteiger charge is 2.22. The number of rotatable bonds is 5. The van der Waals surface area contributed by atoms with E-state index in [1.807, 2.05) is 32.3 Å². The number of carbonyl (C=O) groups is 1. The molecule has 0 aliphatic heterocycles. The predicted molar refractivity (Wildman–Crippen MR) is 70.9 cm³/mol. The molecule has 0 aromatic heterocycles. The minimum atomic E-state index is -0.0532. The third kappa shape index (κ3) is 3.65. The second kappa shape index (κ2) is 6.06. The molecule has 0 aliphatic carbocycles. The summed E-state index contributed by atoms with van der Waals surface area (Å²) in [5.74, 6) is 0.209. The highest BCUT2D eigenvalue weighted by atomic mass is 32.1. The summed E-state index contributed by atoms with van der Waals surface area (Å²) in [6.45, 7) is 2.13. The van der Waals surface area contributed by atoms with Crippen LogP contribution in [-0.2, 0) is 4.79 Å². The number of hydrogen-bond donors (Lipinski definition) is 1. The van der Waals surface area contributed by atoms with Gasteiger partial charge < -0.3 is 4.90 Å². The maximum absolute atomic E-state index is 11.2. The van der Waals surface area contributed by atoms with E-state index >= 15 is 0 Å². The van der Waals surface area contributed by atoms with E-state index in [9.17, 15) is 4.79 Å². The fourth-order valence-electron chi connectivity index (χ4n) is 1.82. The topological polar surface area (TPSA) is 20.3 Å². The van der Waals surface area contributed by atoms with Gasteiger partial charge in [-0.15, -0.1) is 12.6 Å².